The number of fused-ring (bicyclic) bond motifs is 1. The summed E-state index contributed by atoms with van der Waals surface area (Å²) >= 11 is 0. The number of hydrogen-bond acceptors (Lipinski definition) is 1. The first-order valence-electron chi connectivity index (χ1n) is 8.96. The molecule has 0 heterocycles. The Morgan fingerprint density at radius 3 is 2.38 bits per heavy atom. The van der Waals surface area contributed by atoms with E-state index < -0.39 is 5.60 Å². The van der Waals surface area contributed by atoms with Gasteiger partial charge in [-0.15, -0.1) is 0 Å². The van der Waals surface area contributed by atoms with E-state index in [9.17, 15) is 5.11 Å². The summed E-state index contributed by atoms with van der Waals surface area (Å²) in [6.07, 6.45) is 11.3. The molecule has 0 spiro atoms. The van der Waals surface area contributed by atoms with Crippen molar-refractivity contribution in [3.05, 3.63) is 34.9 Å². The van der Waals surface area contributed by atoms with Gasteiger partial charge in [-0.3, -0.25) is 0 Å². The highest BCUT2D eigenvalue weighted by Crippen LogP contribution is 2.42. The number of aryl methyl sites for hydroxylation is 2. The summed E-state index contributed by atoms with van der Waals surface area (Å²) in [6, 6.07) is 6.77. The maximum atomic E-state index is 11.2. The third kappa shape index (κ3) is 3.04. The van der Waals surface area contributed by atoms with E-state index in [2.05, 4.69) is 32.0 Å². The average Bonchev–Trinajstić information content (AvgIpc) is 2.54. The van der Waals surface area contributed by atoms with Gasteiger partial charge in [0.2, 0.25) is 0 Å². The molecule has 1 N–H and O–H groups in total. The molecule has 1 atom stereocenters. The van der Waals surface area contributed by atoms with Crippen LogP contribution in [0.1, 0.15) is 75.5 Å². The molecule has 116 valence electrons. The van der Waals surface area contributed by atoms with Crippen LogP contribution in [0.25, 0.3) is 0 Å². The number of aliphatic hydroxyl groups is 1. The topological polar surface area (TPSA) is 20.2 Å². The van der Waals surface area contributed by atoms with Crippen LogP contribution in [0.15, 0.2) is 18.2 Å². The van der Waals surface area contributed by atoms with E-state index in [1.165, 1.54) is 68.9 Å². The lowest BCUT2D eigenvalue weighted by Crippen LogP contribution is -2.35. The van der Waals surface area contributed by atoms with E-state index >= 15 is 0 Å². The van der Waals surface area contributed by atoms with E-state index in [1.54, 1.807) is 0 Å². The summed E-state index contributed by atoms with van der Waals surface area (Å²) in [5.41, 5.74) is 3.51. The number of benzene rings is 1. The van der Waals surface area contributed by atoms with Crippen molar-refractivity contribution in [1.29, 1.82) is 0 Å². The van der Waals surface area contributed by atoms with Gasteiger partial charge in [-0.1, -0.05) is 44.4 Å². The monoisotopic (exact) mass is 286 g/mol. The molecule has 3 rings (SSSR count). The predicted octanol–water partition coefficient (Wildman–Crippen LogP) is 4.99. The Balaban J connectivity index is 1.78. The normalized spacial score (nSPS) is 28.7. The molecule has 1 unspecified atom stereocenters. The standard InChI is InChI=1S/C20H30O/c1-3-15-8-11-18(12-9-15)20(2,21)19-13-10-16-6-4-5-7-17(16)14-19/h10,13-15,18,21H,3-9,11-12H2,1-2H3. The van der Waals surface area contributed by atoms with Gasteiger partial charge in [0.1, 0.15) is 0 Å². The van der Waals surface area contributed by atoms with Gasteiger partial charge >= 0.3 is 0 Å². The molecule has 21 heavy (non-hydrogen) atoms. The van der Waals surface area contributed by atoms with Crippen molar-refractivity contribution in [3.8, 4) is 0 Å². The van der Waals surface area contributed by atoms with E-state index in [1.807, 2.05) is 0 Å². The second-order valence-corrected chi connectivity index (χ2v) is 7.46. The fourth-order valence-electron chi connectivity index (χ4n) is 4.42. The van der Waals surface area contributed by atoms with E-state index in [4.69, 9.17) is 0 Å². The van der Waals surface area contributed by atoms with Crippen molar-refractivity contribution in [2.45, 2.75) is 77.2 Å². The first-order chi connectivity index (χ1) is 10.1. The highest BCUT2D eigenvalue weighted by molar-refractivity contribution is 5.36. The lowest BCUT2D eigenvalue weighted by molar-refractivity contribution is -0.0277. The van der Waals surface area contributed by atoms with Gasteiger partial charge in [-0.25, -0.2) is 0 Å². The third-order valence-electron chi connectivity index (χ3n) is 6.15. The van der Waals surface area contributed by atoms with Crippen molar-refractivity contribution in [2.24, 2.45) is 11.8 Å². The smallest absolute Gasteiger partial charge is 0.0896 e. The summed E-state index contributed by atoms with van der Waals surface area (Å²) in [6.45, 7) is 4.35. The van der Waals surface area contributed by atoms with Crippen LogP contribution in [-0.2, 0) is 18.4 Å². The fourth-order valence-corrected chi connectivity index (χ4v) is 4.42. The van der Waals surface area contributed by atoms with Gasteiger partial charge in [0.15, 0.2) is 0 Å². The summed E-state index contributed by atoms with van der Waals surface area (Å²) in [7, 11) is 0. The van der Waals surface area contributed by atoms with Gasteiger partial charge < -0.3 is 5.11 Å². The second-order valence-electron chi connectivity index (χ2n) is 7.46. The molecule has 0 saturated heterocycles. The molecule has 1 saturated carbocycles. The molecule has 1 fully saturated rings. The Hall–Kier alpha value is -0.820. The molecule has 0 aliphatic heterocycles. The molecule has 0 aromatic heterocycles. The van der Waals surface area contributed by atoms with Crippen molar-refractivity contribution < 1.29 is 5.11 Å². The molecule has 2 aliphatic carbocycles. The Bertz CT molecular complexity index is 481. The quantitative estimate of drug-likeness (QED) is 0.830. The molecule has 1 heteroatoms. The second kappa shape index (κ2) is 6.12. The minimum absolute atomic E-state index is 0.432. The zero-order valence-corrected chi connectivity index (χ0v) is 13.7. The molecule has 1 aromatic carbocycles. The molecule has 1 nitrogen and oxygen atoms in total. The van der Waals surface area contributed by atoms with Crippen LogP contribution in [0, 0.1) is 11.8 Å². The van der Waals surface area contributed by atoms with Crippen LogP contribution in [0.2, 0.25) is 0 Å². The first-order valence-corrected chi connectivity index (χ1v) is 8.96. The van der Waals surface area contributed by atoms with E-state index in [-0.39, 0.29) is 0 Å². The SMILES string of the molecule is CCC1CCC(C(C)(O)c2ccc3c(c2)CCCC3)CC1. The number of rotatable bonds is 3. The summed E-state index contributed by atoms with van der Waals surface area (Å²) in [5.74, 6) is 1.32. The summed E-state index contributed by atoms with van der Waals surface area (Å²) in [4.78, 5) is 0. The summed E-state index contributed by atoms with van der Waals surface area (Å²) < 4.78 is 0. The van der Waals surface area contributed by atoms with Crippen molar-refractivity contribution in [1.82, 2.24) is 0 Å². The van der Waals surface area contributed by atoms with Crippen molar-refractivity contribution in [3.63, 3.8) is 0 Å². The van der Waals surface area contributed by atoms with Crippen LogP contribution in [0.5, 0.6) is 0 Å². The van der Waals surface area contributed by atoms with E-state index in [0.717, 1.165) is 11.5 Å². The van der Waals surface area contributed by atoms with Gasteiger partial charge in [-0.05, 0) is 74.0 Å². The molecule has 2 aliphatic rings. The molecule has 0 radical (unpaired) electrons. The van der Waals surface area contributed by atoms with Crippen LogP contribution < -0.4 is 0 Å². The maximum Gasteiger partial charge on any atom is 0.0896 e. The highest BCUT2D eigenvalue weighted by Gasteiger charge is 2.36. The Kier molecular flexibility index (Phi) is 4.40. The van der Waals surface area contributed by atoms with Gasteiger partial charge in [0.05, 0.1) is 5.60 Å². The zero-order chi connectivity index (χ0) is 14.9. The molecular formula is C20H30O. The minimum Gasteiger partial charge on any atom is -0.385 e. The lowest BCUT2D eigenvalue weighted by atomic mass is 9.70. The zero-order valence-electron chi connectivity index (χ0n) is 13.7. The van der Waals surface area contributed by atoms with Crippen LogP contribution in [0.4, 0.5) is 0 Å². The third-order valence-corrected chi connectivity index (χ3v) is 6.15. The van der Waals surface area contributed by atoms with Crippen LogP contribution in [-0.4, -0.2) is 5.11 Å². The maximum absolute atomic E-state index is 11.2. The van der Waals surface area contributed by atoms with E-state index in [0.29, 0.717) is 5.92 Å². The Labute approximate surface area is 129 Å². The van der Waals surface area contributed by atoms with Crippen molar-refractivity contribution >= 4 is 0 Å². The molecule has 1 aromatic rings. The summed E-state index contributed by atoms with van der Waals surface area (Å²) in [5, 5.41) is 11.2. The lowest BCUT2D eigenvalue weighted by Gasteiger charge is -2.38. The van der Waals surface area contributed by atoms with Gasteiger partial charge in [0, 0.05) is 0 Å². The Morgan fingerprint density at radius 2 is 1.71 bits per heavy atom. The van der Waals surface area contributed by atoms with Crippen LogP contribution >= 0.6 is 0 Å². The molecule has 0 amide bonds. The molecular weight excluding hydrogens is 256 g/mol. The largest absolute Gasteiger partial charge is 0.385 e. The molecule has 0 bridgehead atoms. The minimum atomic E-state index is -0.648. The van der Waals surface area contributed by atoms with Gasteiger partial charge in [0.25, 0.3) is 0 Å². The van der Waals surface area contributed by atoms with Crippen LogP contribution in [0.3, 0.4) is 0 Å². The first kappa shape index (κ1) is 15.1. The highest BCUT2D eigenvalue weighted by atomic mass is 16.3. The van der Waals surface area contributed by atoms with Crippen molar-refractivity contribution in [2.75, 3.05) is 0 Å². The number of hydrogen-bond donors (Lipinski definition) is 1. The fraction of sp³-hybridized carbons (Fsp3) is 0.700. The predicted molar refractivity (Wildman–Crippen MR) is 88.4 cm³/mol. The van der Waals surface area contributed by atoms with Gasteiger partial charge in [-0.2, -0.15) is 0 Å². The Morgan fingerprint density at radius 1 is 1.05 bits per heavy atom. The average molecular weight is 286 g/mol.